The van der Waals surface area contributed by atoms with Crippen molar-refractivity contribution in [2.75, 3.05) is 46.4 Å². The lowest BCUT2D eigenvalue weighted by atomic mass is 10.3. The van der Waals surface area contributed by atoms with Crippen LogP contribution in [0.4, 0.5) is 0 Å². The number of nitrogens with zero attached hydrogens (tertiary/aromatic N) is 2. The molecule has 0 bridgehead atoms. The number of hydrogen-bond donors (Lipinski definition) is 0. The summed E-state index contributed by atoms with van der Waals surface area (Å²) in [5.74, 6) is 0. The Kier molecular flexibility index (Phi) is 5.57. The van der Waals surface area contributed by atoms with Crippen LogP contribution < -0.4 is 0 Å². The summed E-state index contributed by atoms with van der Waals surface area (Å²) in [6.07, 6.45) is 0.879. The van der Waals surface area contributed by atoms with Gasteiger partial charge in [-0.3, -0.25) is 9.11 Å². The molecule has 0 amide bonds. The number of rotatable bonds is 5. The summed E-state index contributed by atoms with van der Waals surface area (Å²) < 4.78 is 27.5. The Morgan fingerprint density at radius 2 is 2.14 bits per heavy atom. The molecule has 1 saturated heterocycles. The summed E-state index contributed by atoms with van der Waals surface area (Å²) in [5, 5.41) is 0. The van der Waals surface area contributed by atoms with Crippen LogP contribution in [-0.2, 0) is 16.0 Å². The van der Waals surface area contributed by atoms with Crippen molar-refractivity contribution in [3.63, 3.8) is 0 Å². The quantitative estimate of drug-likeness (QED) is 0.584. The molecule has 1 fully saturated rings. The summed E-state index contributed by atoms with van der Waals surface area (Å²) in [6, 6.07) is 0. The molecule has 1 heterocycles. The van der Waals surface area contributed by atoms with Crippen molar-refractivity contribution in [1.29, 1.82) is 0 Å². The monoisotopic (exact) mass is 221 g/mol. The predicted octanol–water partition coefficient (Wildman–Crippen LogP) is -0.565. The average molecular weight is 221 g/mol. The first-order valence-corrected chi connectivity index (χ1v) is 5.84. The van der Waals surface area contributed by atoms with Gasteiger partial charge in [0.2, 0.25) is 0 Å². The second kappa shape index (κ2) is 6.47. The van der Waals surface area contributed by atoms with Gasteiger partial charge in [-0.05, 0) is 20.0 Å². The number of morpholine rings is 1. The van der Waals surface area contributed by atoms with Crippen molar-refractivity contribution in [3.05, 3.63) is 0 Å². The van der Waals surface area contributed by atoms with Gasteiger partial charge in [0.15, 0.2) is 0 Å². The third-order valence-corrected chi connectivity index (χ3v) is 3.00. The molecule has 0 aromatic rings. The molecule has 0 saturated carbocycles. The highest BCUT2D eigenvalue weighted by atomic mass is 32.2. The summed E-state index contributed by atoms with van der Waals surface area (Å²) in [4.78, 5) is 2.30. The minimum absolute atomic E-state index is 0.591. The lowest BCUT2D eigenvalue weighted by Gasteiger charge is -2.27. The van der Waals surface area contributed by atoms with Gasteiger partial charge in [-0.1, -0.05) is 0 Å². The predicted molar refractivity (Wildman–Crippen MR) is 53.4 cm³/mol. The lowest BCUT2D eigenvalue weighted by molar-refractivity contribution is 0.0370. The van der Waals surface area contributed by atoms with Crippen LogP contribution in [-0.4, -0.2) is 64.4 Å². The van der Waals surface area contributed by atoms with E-state index in [2.05, 4.69) is 4.90 Å². The van der Waals surface area contributed by atoms with Gasteiger partial charge in [0.1, 0.15) is 0 Å². The minimum atomic E-state index is -2.08. The van der Waals surface area contributed by atoms with Crippen LogP contribution in [0.25, 0.3) is 0 Å². The smallest absolute Gasteiger partial charge is 0.0594 e. The molecular formula is C8H17N2O3S-. The maximum absolute atomic E-state index is 10.5. The van der Waals surface area contributed by atoms with Gasteiger partial charge in [-0.2, -0.15) is 0 Å². The molecule has 0 aromatic carbocycles. The van der Waals surface area contributed by atoms with Crippen LogP contribution in [0.3, 0.4) is 0 Å². The Balaban J connectivity index is 2.05. The van der Waals surface area contributed by atoms with E-state index < -0.39 is 11.3 Å². The largest absolute Gasteiger partial charge is 0.760 e. The standard InChI is InChI=1S/C8H18N2O3S/c1-9(14(11)12)3-2-4-10-5-7-13-8-6-10/h2-8H2,1H3,(H,11,12)/p-1. The summed E-state index contributed by atoms with van der Waals surface area (Å²) >= 11 is -2.08. The molecule has 0 N–H and O–H groups in total. The molecule has 1 aliphatic heterocycles. The van der Waals surface area contributed by atoms with Crippen molar-refractivity contribution in [1.82, 2.24) is 9.21 Å². The molecule has 1 rings (SSSR count). The Bertz CT molecular complexity index is 185. The van der Waals surface area contributed by atoms with E-state index in [0.717, 1.165) is 39.3 Å². The average Bonchev–Trinajstić information content (AvgIpc) is 2.19. The second-order valence-corrected chi connectivity index (χ2v) is 4.43. The van der Waals surface area contributed by atoms with Gasteiger partial charge in [0.05, 0.1) is 13.2 Å². The fraction of sp³-hybridized carbons (Fsp3) is 1.00. The fourth-order valence-corrected chi connectivity index (χ4v) is 1.69. The maximum Gasteiger partial charge on any atom is 0.0594 e. The Morgan fingerprint density at radius 1 is 1.50 bits per heavy atom. The Labute approximate surface area is 87.4 Å². The SMILES string of the molecule is CN(CCCN1CCOCC1)S(=O)[O-]. The lowest BCUT2D eigenvalue weighted by Crippen LogP contribution is -2.38. The van der Waals surface area contributed by atoms with Crippen LogP contribution in [0.15, 0.2) is 0 Å². The molecule has 14 heavy (non-hydrogen) atoms. The summed E-state index contributed by atoms with van der Waals surface area (Å²) in [6.45, 7) is 5.05. The second-order valence-electron chi connectivity index (χ2n) is 3.38. The van der Waals surface area contributed by atoms with E-state index in [1.54, 1.807) is 7.05 Å². The Hall–Kier alpha value is -0.0100. The normalized spacial score (nSPS) is 21.4. The van der Waals surface area contributed by atoms with Crippen LogP contribution in [0.1, 0.15) is 6.42 Å². The van der Waals surface area contributed by atoms with Gasteiger partial charge < -0.3 is 9.29 Å². The Morgan fingerprint density at radius 3 is 2.71 bits per heavy atom. The molecular weight excluding hydrogens is 204 g/mol. The van der Waals surface area contributed by atoms with E-state index in [9.17, 15) is 8.76 Å². The van der Waals surface area contributed by atoms with E-state index >= 15 is 0 Å². The third kappa shape index (κ3) is 4.47. The number of hydrogen-bond acceptors (Lipinski definition) is 4. The highest BCUT2D eigenvalue weighted by Gasteiger charge is 2.09. The van der Waals surface area contributed by atoms with Gasteiger partial charge in [-0.25, -0.2) is 4.31 Å². The molecule has 1 aliphatic rings. The van der Waals surface area contributed by atoms with Crippen LogP contribution in [0.5, 0.6) is 0 Å². The molecule has 84 valence electrons. The number of ether oxygens (including phenoxy) is 1. The zero-order valence-corrected chi connectivity index (χ0v) is 9.29. The van der Waals surface area contributed by atoms with Crippen LogP contribution >= 0.6 is 0 Å². The van der Waals surface area contributed by atoms with Gasteiger partial charge >= 0.3 is 0 Å². The first kappa shape index (κ1) is 12.1. The molecule has 5 nitrogen and oxygen atoms in total. The van der Waals surface area contributed by atoms with E-state index in [0.29, 0.717) is 6.54 Å². The molecule has 0 radical (unpaired) electrons. The molecule has 0 aromatic heterocycles. The van der Waals surface area contributed by atoms with Gasteiger partial charge in [-0.15, -0.1) is 0 Å². The van der Waals surface area contributed by atoms with Crippen LogP contribution in [0.2, 0.25) is 0 Å². The van der Waals surface area contributed by atoms with E-state index in [1.165, 1.54) is 4.31 Å². The third-order valence-electron chi connectivity index (χ3n) is 2.31. The molecule has 1 atom stereocenters. The zero-order chi connectivity index (χ0) is 10.4. The van der Waals surface area contributed by atoms with Crippen molar-refractivity contribution < 1.29 is 13.5 Å². The highest BCUT2D eigenvalue weighted by molar-refractivity contribution is 7.76. The molecule has 6 heteroatoms. The van der Waals surface area contributed by atoms with Crippen molar-refractivity contribution in [2.24, 2.45) is 0 Å². The highest BCUT2D eigenvalue weighted by Crippen LogP contribution is 1.99. The van der Waals surface area contributed by atoms with Crippen molar-refractivity contribution >= 4 is 11.3 Å². The fourth-order valence-electron chi connectivity index (χ4n) is 1.42. The topological polar surface area (TPSA) is 55.8 Å². The van der Waals surface area contributed by atoms with Crippen LogP contribution in [0, 0.1) is 0 Å². The summed E-state index contributed by atoms with van der Waals surface area (Å²) in [5.41, 5.74) is 0. The van der Waals surface area contributed by atoms with E-state index in [4.69, 9.17) is 4.74 Å². The maximum atomic E-state index is 10.5. The van der Waals surface area contributed by atoms with E-state index in [1.807, 2.05) is 0 Å². The first-order chi connectivity index (χ1) is 6.70. The van der Waals surface area contributed by atoms with Crippen molar-refractivity contribution in [3.8, 4) is 0 Å². The van der Waals surface area contributed by atoms with Gasteiger partial charge in [0, 0.05) is 30.9 Å². The molecule has 1 unspecified atom stereocenters. The van der Waals surface area contributed by atoms with Crippen molar-refractivity contribution in [2.45, 2.75) is 6.42 Å². The first-order valence-electron chi connectivity index (χ1n) is 4.81. The van der Waals surface area contributed by atoms with Gasteiger partial charge in [0.25, 0.3) is 0 Å². The summed E-state index contributed by atoms with van der Waals surface area (Å²) in [7, 11) is 1.59. The van der Waals surface area contributed by atoms with E-state index in [-0.39, 0.29) is 0 Å². The minimum Gasteiger partial charge on any atom is -0.760 e. The molecule has 0 spiro atoms. The zero-order valence-electron chi connectivity index (χ0n) is 8.48. The molecule has 0 aliphatic carbocycles.